The molecule has 1 saturated heterocycles. The van der Waals surface area contributed by atoms with E-state index in [-0.39, 0.29) is 11.8 Å². The first-order valence-corrected chi connectivity index (χ1v) is 10.7. The van der Waals surface area contributed by atoms with E-state index < -0.39 is 5.41 Å². The second kappa shape index (κ2) is 9.23. The summed E-state index contributed by atoms with van der Waals surface area (Å²) in [4.78, 5) is 25.7. The van der Waals surface area contributed by atoms with E-state index in [0.717, 1.165) is 11.3 Å². The van der Waals surface area contributed by atoms with E-state index in [1.54, 1.807) is 36.9 Å². The van der Waals surface area contributed by atoms with Crippen LogP contribution in [0.2, 0.25) is 0 Å². The van der Waals surface area contributed by atoms with Gasteiger partial charge in [-0.05, 0) is 54.8 Å². The monoisotopic (exact) mass is 438 g/mol. The van der Waals surface area contributed by atoms with Gasteiger partial charge in [0.2, 0.25) is 11.0 Å². The summed E-state index contributed by atoms with van der Waals surface area (Å²) < 4.78 is 10.8. The number of nitrogens with zero attached hydrogens (tertiary/aromatic N) is 2. The zero-order valence-corrected chi connectivity index (χ0v) is 17.8. The van der Waals surface area contributed by atoms with Crippen molar-refractivity contribution in [1.82, 2.24) is 10.2 Å². The number of carbonyl (C=O) groups is 2. The molecule has 8 nitrogen and oxygen atoms in total. The summed E-state index contributed by atoms with van der Waals surface area (Å²) in [5, 5.41) is 13.6. The van der Waals surface area contributed by atoms with E-state index in [1.165, 1.54) is 11.3 Å². The molecule has 0 spiro atoms. The summed E-state index contributed by atoms with van der Waals surface area (Å²) in [6.45, 7) is 1.04. The average molecular weight is 439 g/mol. The van der Waals surface area contributed by atoms with E-state index in [2.05, 4.69) is 20.8 Å². The van der Waals surface area contributed by atoms with Crippen LogP contribution < -0.4 is 15.4 Å². The third-order valence-electron chi connectivity index (χ3n) is 5.41. The third-order valence-corrected chi connectivity index (χ3v) is 6.02. The molecule has 4 rings (SSSR count). The van der Waals surface area contributed by atoms with Gasteiger partial charge in [0.1, 0.15) is 11.3 Å². The van der Waals surface area contributed by atoms with Crippen molar-refractivity contribution in [3.8, 4) is 5.75 Å². The van der Waals surface area contributed by atoms with Gasteiger partial charge in [-0.15, -0.1) is 10.2 Å². The Morgan fingerprint density at radius 1 is 1.03 bits per heavy atom. The topological polar surface area (TPSA) is 102 Å². The van der Waals surface area contributed by atoms with Gasteiger partial charge in [0.25, 0.3) is 5.91 Å². The van der Waals surface area contributed by atoms with E-state index in [9.17, 15) is 9.59 Å². The summed E-state index contributed by atoms with van der Waals surface area (Å²) in [5.74, 6) is 0.370. The predicted molar refractivity (Wildman–Crippen MR) is 118 cm³/mol. The Morgan fingerprint density at radius 3 is 2.35 bits per heavy atom. The van der Waals surface area contributed by atoms with Crippen molar-refractivity contribution in [3.63, 3.8) is 0 Å². The average Bonchev–Trinajstić information content (AvgIpc) is 3.33. The van der Waals surface area contributed by atoms with Gasteiger partial charge < -0.3 is 14.8 Å². The molecule has 31 heavy (non-hydrogen) atoms. The smallest absolute Gasteiger partial charge is 0.257 e. The van der Waals surface area contributed by atoms with Gasteiger partial charge in [-0.3, -0.25) is 14.9 Å². The first-order chi connectivity index (χ1) is 15.1. The first kappa shape index (κ1) is 21.0. The van der Waals surface area contributed by atoms with Crippen LogP contribution in [0.3, 0.4) is 0 Å². The molecule has 9 heteroatoms. The molecule has 0 unspecified atom stereocenters. The zero-order chi connectivity index (χ0) is 21.7. The fourth-order valence-electron chi connectivity index (χ4n) is 3.63. The number of methoxy groups -OCH3 is 1. The highest BCUT2D eigenvalue weighted by Crippen LogP contribution is 2.37. The van der Waals surface area contributed by atoms with Crippen molar-refractivity contribution >= 4 is 34.0 Å². The Bertz CT molecular complexity index is 1030. The maximum Gasteiger partial charge on any atom is 0.257 e. The minimum absolute atomic E-state index is 0.0907. The Labute approximate surface area is 183 Å². The molecular formula is C22H22N4O4S. The van der Waals surface area contributed by atoms with Crippen LogP contribution in [0.4, 0.5) is 10.8 Å². The first-order valence-electron chi connectivity index (χ1n) is 9.82. The Hall–Kier alpha value is -3.30. The van der Waals surface area contributed by atoms with Crippen LogP contribution in [-0.2, 0) is 14.9 Å². The molecule has 0 saturated carbocycles. The van der Waals surface area contributed by atoms with E-state index in [1.807, 2.05) is 24.3 Å². The fraction of sp³-hybridized carbons (Fsp3) is 0.273. The van der Waals surface area contributed by atoms with Crippen LogP contribution in [0.25, 0.3) is 0 Å². The van der Waals surface area contributed by atoms with Crippen molar-refractivity contribution in [2.75, 3.05) is 31.0 Å². The summed E-state index contributed by atoms with van der Waals surface area (Å²) >= 11 is 1.24. The van der Waals surface area contributed by atoms with Gasteiger partial charge in [-0.25, -0.2) is 0 Å². The number of amides is 2. The molecule has 3 aromatic rings. The van der Waals surface area contributed by atoms with Crippen molar-refractivity contribution in [1.29, 1.82) is 0 Å². The van der Waals surface area contributed by atoms with E-state index in [4.69, 9.17) is 9.47 Å². The molecule has 1 aliphatic rings. The Morgan fingerprint density at radius 2 is 1.74 bits per heavy atom. The lowest BCUT2D eigenvalue weighted by molar-refractivity contribution is -0.125. The number of rotatable bonds is 6. The minimum Gasteiger partial charge on any atom is -0.497 e. The van der Waals surface area contributed by atoms with Crippen LogP contribution in [0.1, 0.15) is 28.8 Å². The summed E-state index contributed by atoms with van der Waals surface area (Å²) in [6, 6.07) is 14.4. The maximum atomic E-state index is 13.4. The maximum absolute atomic E-state index is 13.4. The quantitative estimate of drug-likeness (QED) is 0.611. The minimum atomic E-state index is -0.682. The number of ether oxygens (including phenoxy) is 2. The lowest BCUT2D eigenvalue weighted by atomic mass is 9.73. The highest BCUT2D eigenvalue weighted by molar-refractivity contribution is 7.13. The summed E-state index contributed by atoms with van der Waals surface area (Å²) in [6.07, 6.45) is 1.18. The van der Waals surface area contributed by atoms with Gasteiger partial charge in [-0.1, -0.05) is 23.5 Å². The molecule has 0 radical (unpaired) electrons. The van der Waals surface area contributed by atoms with Crippen molar-refractivity contribution in [3.05, 3.63) is 65.2 Å². The molecule has 1 fully saturated rings. The Kier molecular flexibility index (Phi) is 6.24. The molecular weight excluding hydrogens is 416 g/mol. The normalized spacial score (nSPS) is 15.1. The van der Waals surface area contributed by atoms with Crippen molar-refractivity contribution in [2.24, 2.45) is 0 Å². The van der Waals surface area contributed by atoms with Crippen LogP contribution in [0.5, 0.6) is 5.75 Å². The van der Waals surface area contributed by atoms with Gasteiger partial charge in [-0.2, -0.15) is 0 Å². The van der Waals surface area contributed by atoms with E-state index >= 15 is 0 Å². The standard InChI is InChI=1S/C22H22N4O4S/c1-29-18-8-4-16(5-9-18)22(10-12-30-13-11-22)20(28)24-17-6-2-15(3-7-17)19(27)25-21-26-23-14-31-21/h2-9,14H,10-13H2,1H3,(H,24,28)(H,25,26,27). The van der Waals surface area contributed by atoms with Gasteiger partial charge >= 0.3 is 0 Å². The highest BCUT2D eigenvalue weighted by atomic mass is 32.1. The lowest BCUT2D eigenvalue weighted by Gasteiger charge is -2.36. The molecule has 0 atom stereocenters. The van der Waals surface area contributed by atoms with Crippen LogP contribution in [-0.4, -0.2) is 42.3 Å². The number of benzene rings is 2. The molecule has 2 aromatic carbocycles. The molecule has 2 heterocycles. The number of carbonyl (C=O) groups excluding carboxylic acids is 2. The van der Waals surface area contributed by atoms with Gasteiger partial charge in [0.15, 0.2) is 0 Å². The molecule has 1 aromatic heterocycles. The molecule has 2 amide bonds. The fourth-order valence-corrected chi connectivity index (χ4v) is 4.07. The number of nitrogens with one attached hydrogen (secondary N) is 2. The largest absolute Gasteiger partial charge is 0.497 e. The summed E-state index contributed by atoms with van der Waals surface area (Å²) in [7, 11) is 1.61. The second-order valence-corrected chi connectivity index (χ2v) is 7.99. The molecule has 0 aliphatic carbocycles. The Balaban J connectivity index is 1.50. The zero-order valence-electron chi connectivity index (χ0n) is 17.0. The van der Waals surface area contributed by atoms with Crippen molar-refractivity contribution < 1.29 is 19.1 Å². The predicted octanol–water partition coefficient (Wildman–Crippen LogP) is 3.49. The van der Waals surface area contributed by atoms with Gasteiger partial charge in [0.05, 0.1) is 12.5 Å². The number of aromatic nitrogens is 2. The lowest BCUT2D eigenvalue weighted by Crippen LogP contribution is -2.44. The second-order valence-electron chi connectivity index (χ2n) is 7.15. The van der Waals surface area contributed by atoms with Crippen molar-refractivity contribution in [2.45, 2.75) is 18.3 Å². The molecule has 160 valence electrons. The van der Waals surface area contributed by atoms with Crippen LogP contribution >= 0.6 is 11.3 Å². The number of anilines is 2. The van der Waals surface area contributed by atoms with E-state index in [0.29, 0.717) is 42.4 Å². The summed E-state index contributed by atoms with van der Waals surface area (Å²) in [5.41, 5.74) is 2.88. The molecule has 2 N–H and O–H groups in total. The highest BCUT2D eigenvalue weighted by Gasteiger charge is 2.41. The SMILES string of the molecule is COc1ccc(C2(C(=O)Nc3ccc(C(=O)Nc4nncs4)cc3)CCOCC2)cc1. The van der Waals surface area contributed by atoms with Crippen LogP contribution in [0, 0.1) is 0 Å². The van der Waals surface area contributed by atoms with Crippen LogP contribution in [0.15, 0.2) is 54.0 Å². The molecule has 1 aliphatic heterocycles. The van der Waals surface area contributed by atoms with Gasteiger partial charge in [0, 0.05) is 24.5 Å². The molecule has 0 bridgehead atoms. The third kappa shape index (κ3) is 4.57. The number of hydrogen-bond donors (Lipinski definition) is 2. The number of hydrogen-bond acceptors (Lipinski definition) is 7.